The second-order valence-corrected chi connectivity index (χ2v) is 8.48. The van der Waals surface area contributed by atoms with Crippen LogP contribution >= 0.6 is 0 Å². The van der Waals surface area contributed by atoms with E-state index in [1.54, 1.807) is 12.1 Å². The third-order valence-electron chi connectivity index (χ3n) is 4.49. The highest BCUT2D eigenvalue weighted by molar-refractivity contribution is 7.89. The second kappa shape index (κ2) is 8.05. The Morgan fingerprint density at radius 2 is 1.26 bits per heavy atom. The number of hydrogen-bond acceptors (Lipinski definition) is 3. The first-order valence-electron chi connectivity index (χ1n) is 8.83. The van der Waals surface area contributed by atoms with Gasteiger partial charge in [-0.05, 0) is 48.2 Å². The van der Waals surface area contributed by atoms with Gasteiger partial charge in [0, 0.05) is 0 Å². The van der Waals surface area contributed by atoms with Crippen molar-refractivity contribution in [1.82, 2.24) is 4.72 Å². The van der Waals surface area contributed by atoms with Crippen LogP contribution in [0.15, 0.2) is 83.8 Å². The fourth-order valence-electron chi connectivity index (χ4n) is 3.20. The van der Waals surface area contributed by atoms with E-state index >= 15 is 0 Å². The zero-order valence-corrected chi connectivity index (χ0v) is 16.3. The Bertz CT molecular complexity index is 983. The molecule has 5 heteroatoms. The summed E-state index contributed by atoms with van der Waals surface area (Å²) in [6.07, 6.45) is 0. The van der Waals surface area contributed by atoms with E-state index < -0.39 is 22.1 Å². The quantitative estimate of drug-likeness (QED) is 0.678. The minimum absolute atomic E-state index is 0.251. The highest BCUT2D eigenvalue weighted by atomic mass is 32.2. The number of nitrogens with two attached hydrogens (primary N) is 1. The van der Waals surface area contributed by atoms with Crippen molar-refractivity contribution in [2.24, 2.45) is 5.73 Å². The summed E-state index contributed by atoms with van der Waals surface area (Å²) in [5, 5.41) is 0. The first-order valence-corrected chi connectivity index (χ1v) is 10.3. The van der Waals surface area contributed by atoms with Gasteiger partial charge < -0.3 is 5.73 Å². The predicted molar refractivity (Wildman–Crippen MR) is 109 cm³/mol. The number of hydrogen-bond donors (Lipinski definition) is 2. The summed E-state index contributed by atoms with van der Waals surface area (Å²) in [5.41, 5.74) is 9.98. The Kier molecular flexibility index (Phi) is 5.75. The molecule has 0 amide bonds. The molecule has 3 aromatic carbocycles. The zero-order valence-electron chi connectivity index (χ0n) is 15.5. The SMILES string of the molecule is Cc1cc(C)cc(S(=O)(=O)N[C@@H](c2ccccc2)C(N)c2ccccc2)c1. The van der Waals surface area contributed by atoms with Gasteiger partial charge in [-0.1, -0.05) is 66.7 Å². The van der Waals surface area contributed by atoms with Crippen LogP contribution in [0, 0.1) is 13.8 Å². The van der Waals surface area contributed by atoms with Crippen molar-refractivity contribution in [2.45, 2.75) is 30.8 Å². The molecule has 2 atom stereocenters. The van der Waals surface area contributed by atoms with Crippen LogP contribution in [0.4, 0.5) is 0 Å². The number of benzene rings is 3. The van der Waals surface area contributed by atoms with Crippen molar-refractivity contribution in [3.63, 3.8) is 0 Å². The Hall–Kier alpha value is -2.47. The Labute approximate surface area is 161 Å². The summed E-state index contributed by atoms with van der Waals surface area (Å²) in [7, 11) is -3.74. The van der Waals surface area contributed by atoms with E-state index in [0.717, 1.165) is 22.3 Å². The van der Waals surface area contributed by atoms with Crippen LogP contribution in [0.5, 0.6) is 0 Å². The van der Waals surface area contributed by atoms with Gasteiger partial charge in [0.1, 0.15) is 0 Å². The highest BCUT2D eigenvalue weighted by Gasteiger charge is 2.27. The maximum atomic E-state index is 13.1. The standard InChI is InChI=1S/C22H24N2O2S/c1-16-13-17(2)15-20(14-16)27(25,26)24-22(19-11-7-4-8-12-19)21(23)18-9-5-3-6-10-18/h3-15,21-22,24H,23H2,1-2H3/t21?,22-/m0/s1. The van der Waals surface area contributed by atoms with E-state index in [1.165, 1.54) is 0 Å². The van der Waals surface area contributed by atoms with Gasteiger partial charge in [-0.15, -0.1) is 0 Å². The van der Waals surface area contributed by atoms with E-state index in [1.807, 2.05) is 80.6 Å². The molecule has 27 heavy (non-hydrogen) atoms. The lowest BCUT2D eigenvalue weighted by atomic mass is 9.95. The van der Waals surface area contributed by atoms with E-state index in [-0.39, 0.29) is 4.90 Å². The molecular weight excluding hydrogens is 356 g/mol. The maximum Gasteiger partial charge on any atom is 0.241 e. The van der Waals surface area contributed by atoms with Crippen LogP contribution in [0.1, 0.15) is 34.3 Å². The van der Waals surface area contributed by atoms with E-state index in [4.69, 9.17) is 5.73 Å². The molecule has 3 rings (SSSR count). The largest absolute Gasteiger partial charge is 0.322 e. The molecule has 3 aromatic rings. The van der Waals surface area contributed by atoms with Crippen LogP contribution in [-0.2, 0) is 10.0 Å². The summed E-state index contributed by atoms with van der Waals surface area (Å²) in [6.45, 7) is 3.77. The molecule has 0 aliphatic rings. The molecule has 0 saturated carbocycles. The lowest BCUT2D eigenvalue weighted by Crippen LogP contribution is -2.36. The van der Waals surface area contributed by atoms with Crippen molar-refractivity contribution >= 4 is 10.0 Å². The van der Waals surface area contributed by atoms with Gasteiger partial charge in [-0.25, -0.2) is 13.1 Å². The van der Waals surface area contributed by atoms with Crippen LogP contribution < -0.4 is 10.5 Å². The van der Waals surface area contributed by atoms with Crippen molar-refractivity contribution in [3.05, 3.63) is 101 Å². The normalized spacial score (nSPS) is 13.9. The smallest absolute Gasteiger partial charge is 0.241 e. The predicted octanol–water partition coefficient (Wildman–Crippen LogP) is 4.02. The Morgan fingerprint density at radius 3 is 1.78 bits per heavy atom. The monoisotopic (exact) mass is 380 g/mol. The van der Waals surface area contributed by atoms with Gasteiger partial charge >= 0.3 is 0 Å². The van der Waals surface area contributed by atoms with Gasteiger partial charge in [0.15, 0.2) is 0 Å². The van der Waals surface area contributed by atoms with Crippen molar-refractivity contribution < 1.29 is 8.42 Å². The number of aryl methyl sites for hydroxylation is 2. The average Bonchev–Trinajstić information content (AvgIpc) is 2.66. The lowest BCUT2D eigenvalue weighted by molar-refractivity contribution is 0.504. The zero-order chi connectivity index (χ0) is 19.4. The van der Waals surface area contributed by atoms with Crippen molar-refractivity contribution in [2.75, 3.05) is 0 Å². The molecule has 140 valence electrons. The molecule has 0 fully saturated rings. The number of rotatable bonds is 6. The Balaban J connectivity index is 2.01. The summed E-state index contributed by atoms with van der Waals surface area (Å²) >= 11 is 0. The summed E-state index contributed by atoms with van der Waals surface area (Å²) in [5.74, 6) is 0. The van der Waals surface area contributed by atoms with Crippen molar-refractivity contribution in [1.29, 1.82) is 0 Å². The topological polar surface area (TPSA) is 72.2 Å². The van der Waals surface area contributed by atoms with Gasteiger partial charge in [-0.3, -0.25) is 0 Å². The molecule has 1 unspecified atom stereocenters. The van der Waals surface area contributed by atoms with Crippen LogP contribution in [0.3, 0.4) is 0 Å². The minimum atomic E-state index is -3.74. The van der Waals surface area contributed by atoms with Crippen molar-refractivity contribution in [3.8, 4) is 0 Å². The van der Waals surface area contributed by atoms with Gasteiger partial charge in [-0.2, -0.15) is 0 Å². The molecule has 0 heterocycles. The summed E-state index contributed by atoms with van der Waals surface area (Å²) in [6, 6.07) is 23.1. The third-order valence-corrected chi connectivity index (χ3v) is 5.91. The van der Waals surface area contributed by atoms with Gasteiger partial charge in [0.05, 0.1) is 17.0 Å². The van der Waals surface area contributed by atoms with E-state index in [0.29, 0.717) is 0 Å². The molecular formula is C22H24N2O2S. The molecule has 0 aliphatic heterocycles. The number of nitrogens with one attached hydrogen (secondary N) is 1. The third kappa shape index (κ3) is 4.63. The van der Waals surface area contributed by atoms with E-state index in [2.05, 4.69) is 4.72 Å². The van der Waals surface area contributed by atoms with E-state index in [9.17, 15) is 8.42 Å². The Morgan fingerprint density at radius 1 is 0.778 bits per heavy atom. The fraction of sp³-hybridized carbons (Fsp3) is 0.182. The van der Waals surface area contributed by atoms with Gasteiger partial charge in [0.2, 0.25) is 10.0 Å². The summed E-state index contributed by atoms with van der Waals surface area (Å²) in [4.78, 5) is 0.251. The molecule has 3 N–H and O–H groups in total. The molecule has 0 spiro atoms. The van der Waals surface area contributed by atoms with Gasteiger partial charge in [0.25, 0.3) is 0 Å². The average molecular weight is 381 g/mol. The second-order valence-electron chi connectivity index (χ2n) is 6.77. The van der Waals surface area contributed by atoms with Crippen LogP contribution in [-0.4, -0.2) is 8.42 Å². The molecule has 0 aromatic heterocycles. The molecule has 0 radical (unpaired) electrons. The van der Waals surface area contributed by atoms with Crippen LogP contribution in [0.2, 0.25) is 0 Å². The minimum Gasteiger partial charge on any atom is -0.322 e. The highest BCUT2D eigenvalue weighted by Crippen LogP contribution is 2.29. The molecule has 0 saturated heterocycles. The first-order chi connectivity index (χ1) is 12.9. The van der Waals surface area contributed by atoms with Crippen LogP contribution in [0.25, 0.3) is 0 Å². The number of sulfonamides is 1. The lowest BCUT2D eigenvalue weighted by Gasteiger charge is -2.26. The molecule has 0 bridgehead atoms. The molecule has 4 nitrogen and oxygen atoms in total. The summed E-state index contributed by atoms with van der Waals surface area (Å²) < 4.78 is 29.0. The maximum absolute atomic E-state index is 13.1. The fourth-order valence-corrected chi connectivity index (χ4v) is 4.64. The molecule has 0 aliphatic carbocycles. The first kappa shape index (κ1) is 19.3.